The fourth-order valence-electron chi connectivity index (χ4n) is 3.33. The molecule has 0 aliphatic heterocycles. The molecule has 1 aliphatic carbocycles. The zero-order valence-electron chi connectivity index (χ0n) is 13.3. The van der Waals surface area contributed by atoms with Gasteiger partial charge in [0.2, 0.25) is 0 Å². The largest absolute Gasteiger partial charge is 0.312 e. The molecule has 21 heavy (non-hydrogen) atoms. The van der Waals surface area contributed by atoms with Crippen LogP contribution in [0.4, 0.5) is 0 Å². The topological polar surface area (TPSA) is 46.2 Å². The number of benzene rings is 1. The van der Waals surface area contributed by atoms with Gasteiger partial charge in [0.25, 0.3) is 0 Å². The van der Waals surface area contributed by atoms with E-state index in [9.17, 15) is 8.42 Å². The second-order valence-corrected chi connectivity index (χ2v) is 8.71. The van der Waals surface area contributed by atoms with Crippen LogP contribution in [0.15, 0.2) is 24.3 Å². The Bertz CT molecular complexity index is 545. The lowest BCUT2D eigenvalue weighted by atomic mass is 9.83. The highest BCUT2D eigenvalue weighted by Crippen LogP contribution is 2.33. The third kappa shape index (κ3) is 4.07. The molecule has 2 atom stereocenters. The molecule has 0 radical (unpaired) electrons. The van der Waals surface area contributed by atoms with E-state index in [2.05, 4.69) is 29.6 Å². The van der Waals surface area contributed by atoms with E-state index in [4.69, 9.17) is 0 Å². The van der Waals surface area contributed by atoms with Crippen molar-refractivity contribution in [3.8, 4) is 0 Å². The molecule has 4 heteroatoms. The predicted octanol–water partition coefficient (Wildman–Crippen LogP) is 3.43. The molecular formula is C17H27NO2S. The summed E-state index contributed by atoms with van der Waals surface area (Å²) in [7, 11) is -1.23. The monoisotopic (exact) mass is 309 g/mol. The molecule has 2 rings (SSSR count). The molecule has 2 unspecified atom stereocenters. The second-order valence-electron chi connectivity index (χ2n) is 6.30. The normalized spacial score (nSPS) is 20.1. The first-order chi connectivity index (χ1) is 9.93. The van der Waals surface area contributed by atoms with Crippen LogP contribution in [0.2, 0.25) is 0 Å². The van der Waals surface area contributed by atoms with Crippen molar-refractivity contribution in [2.45, 2.75) is 56.2 Å². The van der Waals surface area contributed by atoms with Crippen LogP contribution in [0.25, 0.3) is 0 Å². The van der Waals surface area contributed by atoms with Crippen molar-refractivity contribution in [3.05, 3.63) is 35.4 Å². The van der Waals surface area contributed by atoms with Crippen LogP contribution in [0.5, 0.6) is 0 Å². The van der Waals surface area contributed by atoms with Crippen molar-refractivity contribution in [1.82, 2.24) is 5.32 Å². The first kappa shape index (κ1) is 16.5. The van der Waals surface area contributed by atoms with E-state index >= 15 is 0 Å². The fraction of sp³-hybridized carbons (Fsp3) is 0.647. The average molecular weight is 309 g/mol. The smallest absolute Gasteiger partial charge is 0.151 e. The second kappa shape index (κ2) is 6.93. The predicted molar refractivity (Wildman–Crippen MR) is 88.4 cm³/mol. The van der Waals surface area contributed by atoms with Crippen molar-refractivity contribution in [2.24, 2.45) is 0 Å². The lowest BCUT2D eigenvalue weighted by Gasteiger charge is -2.25. The first-order valence-corrected chi connectivity index (χ1v) is 9.85. The van der Waals surface area contributed by atoms with E-state index < -0.39 is 15.1 Å². The summed E-state index contributed by atoms with van der Waals surface area (Å²) >= 11 is 0. The summed E-state index contributed by atoms with van der Waals surface area (Å²) in [6.45, 7) is 1.77. The summed E-state index contributed by atoms with van der Waals surface area (Å²) in [5.41, 5.74) is 2.45. The molecule has 1 fully saturated rings. The van der Waals surface area contributed by atoms with Crippen LogP contribution in [0, 0.1) is 0 Å². The number of hydrogen-bond donors (Lipinski definition) is 1. The number of rotatable bonds is 5. The molecule has 1 saturated carbocycles. The third-order valence-electron chi connectivity index (χ3n) is 4.83. The molecule has 0 spiro atoms. The van der Waals surface area contributed by atoms with Gasteiger partial charge in [0, 0.05) is 12.3 Å². The molecule has 3 nitrogen and oxygen atoms in total. The van der Waals surface area contributed by atoms with Gasteiger partial charge in [-0.1, -0.05) is 43.5 Å². The Morgan fingerprint density at radius 3 is 2.14 bits per heavy atom. The number of sulfone groups is 1. The molecule has 1 aromatic rings. The number of nitrogens with one attached hydrogen (secondary N) is 1. The van der Waals surface area contributed by atoms with Crippen LogP contribution < -0.4 is 5.32 Å². The summed E-state index contributed by atoms with van der Waals surface area (Å²) < 4.78 is 23.6. The zero-order chi connectivity index (χ0) is 15.5. The lowest BCUT2D eigenvalue weighted by molar-refractivity contribution is 0.443. The van der Waals surface area contributed by atoms with Crippen LogP contribution in [-0.4, -0.2) is 27.0 Å². The summed E-state index contributed by atoms with van der Waals surface area (Å²) in [4.78, 5) is 0. The van der Waals surface area contributed by atoms with Gasteiger partial charge in [-0.15, -0.1) is 0 Å². The molecule has 1 N–H and O–H groups in total. The van der Waals surface area contributed by atoms with Crippen molar-refractivity contribution >= 4 is 9.84 Å². The summed E-state index contributed by atoms with van der Waals surface area (Å²) in [5, 5.41) is 2.72. The van der Waals surface area contributed by atoms with Crippen molar-refractivity contribution in [1.29, 1.82) is 0 Å². The molecule has 1 aromatic carbocycles. The Morgan fingerprint density at radius 2 is 1.67 bits per heavy atom. The van der Waals surface area contributed by atoms with Gasteiger partial charge in [0.15, 0.2) is 9.84 Å². The summed E-state index contributed by atoms with van der Waals surface area (Å²) in [5.74, 6) is 0.688. The van der Waals surface area contributed by atoms with Gasteiger partial charge in [0.05, 0.1) is 5.25 Å². The maximum absolute atomic E-state index is 11.8. The quantitative estimate of drug-likeness (QED) is 0.906. The molecule has 0 saturated heterocycles. The van der Waals surface area contributed by atoms with Gasteiger partial charge in [-0.25, -0.2) is 8.42 Å². The van der Waals surface area contributed by atoms with Gasteiger partial charge in [-0.05, 0) is 43.9 Å². The lowest BCUT2D eigenvalue weighted by Crippen LogP contribution is -2.32. The maximum atomic E-state index is 11.8. The van der Waals surface area contributed by atoms with Crippen LogP contribution >= 0.6 is 0 Å². The van der Waals surface area contributed by atoms with Gasteiger partial charge in [-0.2, -0.15) is 0 Å². The SMILES string of the molecule is CNC(c1ccc(C2CCCCC2)cc1)C(C)S(C)(=O)=O. The summed E-state index contributed by atoms with van der Waals surface area (Å²) in [6, 6.07) is 8.40. The highest BCUT2D eigenvalue weighted by atomic mass is 32.2. The fourth-order valence-corrected chi connectivity index (χ4v) is 4.12. The van der Waals surface area contributed by atoms with Crippen molar-refractivity contribution in [3.63, 3.8) is 0 Å². The van der Waals surface area contributed by atoms with Gasteiger partial charge >= 0.3 is 0 Å². The zero-order valence-corrected chi connectivity index (χ0v) is 14.1. The van der Waals surface area contributed by atoms with E-state index in [0.29, 0.717) is 5.92 Å². The highest BCUT2D eigenvalue weighted by Gasteiger charge is 2.26. The molecule has 0 heterocycles. The molecular weight excluding hydrogens is 282 g/mol. The first-order valence-electron chi connectivity index (χ1n) is 7.89. The van der Waals surface area contributed by atoms with Gasteiger partial charge in [0.1, 0.15) is 0 Å². The molecule has 0 aromatic heterocycles. The molecule has 0 bridgehead atoms. The standard InChI is InChI=1S/C17H27NO2S/c1-13(21(3,19)20)17(18-2)16-11-9-15(10-12-16)14-7-5-4-6-8-14/h9-14,17-18H,4-8H2,1-3H3. The van der Waals surface area contributed by atoms with Crippen molar-refractivity contribution in [2.75, 3.05) is 13.3 Å². The van der Waals surface area contributed by atoms with E-state index in [-0.39, 0.29) is 6.04 Å². The van der Waals surface area contributed by atoms with Gasteiger partial charge in [-0.3, -0.25) is 0 Å². The molecule has 1 aliphatic rings. The minimum absolute atomic E-state index is 0.152. The van der Waals surface area contributed by atoms with Crippen molar-refractivity contribution < 1.29 is 8.42 Å². The van der Waals surface area contributed by atoms with Crippen LogP contribution in [0.3, 0.4) is 0 Å². The van der Waals surface area contributed by atoms with E-state index in [1.807, 2.05) is 7.05 Å². The summed E-state index contributed by atoms with van der Waals surface area (Å²) in [6.07, 6.45) is 7.90. The Kier molecular flexibility index (Phi) is 5.44. The number of hydrogen-bond acceptors (Lipinski definition) is 3. The van der Waals surface area contributed by atoms with Crippen LogP contribution in [-0.2, 0) is 9.84 Å². The van der Waals surface area contributed by atoms with Crippen LogP contribution in [0.1, 0.15) is 62.1 Å². The van der Waals surface area contributed by atoms with Gasteiger partial charge < -0.3 is 5.32 Å². The third-order valence-corrected chi connectivity index (χ3v) is 6.45. The molecule has 118 valence electrons. The Morgan fingerprint density at radius 1 is 1.10 bits per heavy atom. The molecule has 0 amide bonds. The highest BCUT2D eigenvalue weighted by molar-refractivity contribution is 7.91. The Balaban J connectivity index is 2.16. The van der Waals surface area contributed by atoms with E-state index in [1.54, 1.807) is 6.92 Å². The van der Waals surface area contributed by atoms with E-state index in [0.717, 1.165) is 5.56 Å². The Hall–Kier alpha value is -0.870. The Labute approximate surface area is 129 Å². The van der Waals surface area contributed by atoms with E-state index in [1.165, 1.54) is 43.9 Å². The maximum Gasteiger partial charge on any atom is 0.151 e. The minimum atomic E-state index is -3.06. The minimum Gasteiger partial charge on any atom is -0.312 e. The average Bonchev–Trinajstić information content (AvgIpc) is 2.48.